The van der Waals surface area contributed by atoms with Crippen molar-refractivity contribution in [3.8, 4) is 11.5 Å². The second-order valence-corrected chi connectivity index (χ2v) is 20.7. The summed E-state index contributed by atoms with van der Waals surface area (Å²) in [6.07, 6.45) is 6.35. The Morgan fingerprint density at radius 2 is 1.79 bits per heavy atom. The first-order valence-electron chi connectivity index (χ1n) is 21.4. The molecule has 1 aromatic heterocycles. The van der Waals surface area contributed by atoms with E-state index in [4.69, 9.17) is 14.2 Å². The number of aromatic nitrogens is 1. The molecule has 14 nitrogen and oxygen atoms in total. The Morgan fingerprint density at radius 3 is 2.51 bits per heavy atom. The van der Waals surface area contributed by atoms with Crippen LogP contribution in [0.5, 0.6) is 11.5 Å². The lowest BCUT2D eigenvalue weighted by molar-refractivity contribution is -0.153. The average Bonchev–Trinajstić information content (AvgIpc) is 4.02. The molecule has 4 amide bonds. The van der Waals surface area contributed by atoms with Crippen molar-refractivity contribution in [3.63, 3.8) is 0 Å². The summed E-state index contributed by atoms with van der Waals surface area (Å²) in [6.45, 7) is 3.65. The van der Waals surface area contributed by atoms with E-state index in [1.54, 1.807) is 19.9 Å². The molecule has 3 aliphatic carbocycles. The largest absolute Gasteiger partial charge is 0.484 e. The van der Waals surface area contributed by atoms with Gasteiger partial charge in [-0.05, 0) is 116 Å². The van der Waals surface area contributed by atoms with Gasteiger partial charge in [-0.1, -0.05) is 25.0 Å². The molecule has 332 valence electrons. The van der Waals surface area contributed by atoms with Crippen molar-refractivity contribution in [1.29, 1.82) is 0 Å². The van der Waals surface area contributed by atoms with E-state index in [-0.39, 0.29) is 31.6 Å². The predicted octanol–water partition coefficient (Wildman–Crippen LogP) is 5.97. The molecule has 4 heterocycles. The maximum Gasteiger partial charge on any atom is 0.422 e. The number of halogens is 3. The third kappa shape index (κ3) is 8.74. The number of benzene rings is 1. The zero-order valence-electron chi connectivity index (χ0n) is 34.8. The number of sulfonamides is 1. The number of carbonyl (C=O) groups excluding carboxylic acids is 4. The van der Waals surface area contributed by atoms with Crippen molar-refractivity contribution in [2.75, 3.05) is 13.2 Å². The Bertz CT molecular complexity index is 2260. The summed E-state index contributed by atoms with van der Waals surface area (Å²) in [7, 11) is -4.05. The van der Waals surface area contributed by atoms with Crippen molar-refractivity contribution in [1.82, 2.24) is 25.2 Å². The summed E-state index contributed by atoms with van der Waals surface area (Å²) in [6, 6.07) is 2.25. The molecule has 0 radical (unpaired) electrons. The SMILES string of the molecule is Cc1nc2ccc(OCC(F)(F)F)cc2c2c1OC1(CC2)CC2C(=O)NC3(C(=O)NS(=O)(=O)C4(C)CC4)CC3C=CCCCCCC(NC(=O)OC3(C)CCCC3)C(=O)N2C1. The van der Waals surface area contributed by atoms with Gasteiger partial charge in [0, 0.05) is 23.3 Å². The molecule has 5 atom stereocenters. The molecule has 2 aromatic rings. The van der Waals surface area contributed by atoms with Gasteiger partial charge < -0.3 is 29.7 Å². The van der Waals surface area contributed by atoms with Gasteiger partial charge in [0.2, 0.25) is 21.8 Å². The Labute approximate surface area is 353 Å². The lowest BCUT2D eigenvalue weighted by Crippen LogP contribution is -2.58. The first kappa shape index (κ1) is 43.1. The molecule has 3 saturated carbocycles. The number of alkyl carbamates (subject to hydrolysis) is 1. The molecule has 8 rings (SSSR count). The van der Waals surface area contributed by atoms with Gasteiger partial charge in [0.1, 0.15) is 40.3 Å². The second-order valence-electron chi connectivity index (χ2n) is 18.5. The van der Waals surface area contributed by atoms with Crippen LogP contribution in [0, 0.1) is 12.8 Å². The number of allylic oxidation sites excluding steroid dienone is 1. The minimum atomic E-state index is -4.53. The molecule has 4 fully saturated rings. The van der Waals surface area contributed by atoms with E-state index in [0.717, 1.165) is 25.7 Å². The molecule has 3 N–H and O–H groups in total. The second kappa shape index (κ2) is 15.6. The molecule has 1 spiro atoms. The number of fused-ring (bicyclic) bond motifs is 5. The fraction of sp³-hybridized carbons (Fsp3) is 0.651. The molecule has 5 unspecified atom stereocenters. The number of carbonyl (C=O) groups is 4. The van der Waals surface area contributed by atoms with Gasteiger partial charge in [0.05, 0.1) is 22.5 Å². The topological polar surface area (TPSA) is 182 Å². The van der Waals surface area contributed by atoms with E-state index < -0.39 is 86.1 Å². The molecule has 0 bridgehead atoms. The zero-order valence-corrected chi connectivity index (χ0v) is 35.6. The monoisotopic (exact) mass is 873 g/mol. The number of pyridine rings is 1. The highest BCUT2D eigenvalue weighted by molar-refractivity contribution is 7.91. The molecule has 1 saturated heterocycles. The number of ether oxygens (including phenoxy) is 3. The molecule has 61 heavy (non-hydrogen) atoms. The fourth-order valence-corrected chi connectivity index (χ4v) is 10.9. The van der Waals surface area contributed by atoms with E-state index in [9.17, 15) is 40.8 Å². The third-order valence-electron chi connectivity index (χ3n) is 13.6. The van der Waals surface area contributed by atoms with Gasteiger partial charge in [-0.15, -0.1) is 0 Å². The first-order valence-corrected chi connectivity index (χ1v) is 22.9. The number of nitrogens with one attached hydrogen (secondary N) is 3. The molecule has 6 aliphatic rings. The van der Waals surface area contributed by atoms with Crippen LogP contribution < -0.4 is 24.8 Å². The Hall–Kier alpha value is -4.61. The van der Waals surface area contributed by atoms with Crippen molar-refractivity contribution in [2.24, 2.45) is 5.92 Å². The number of rotatable bonds is 7. The number of hydrogen-bond acceptors (Lipinski definition) is 10. The number of aryl methyl sites for hydroxylation is 2. The van der Waals surface area contributed by atoms with E-state index in [1.807, 2.05) is 19.1 Å². The van der Waals surface area contributed by atoms with Gasteiger partial charge in [-0.2, -0.15) is 13.2 Å². The van der Waals surface area contributed by atoms with E-state index in [0.29, 0.717) is 79.3 Å². The van der Waals surface area contributed by atoms with E-state index >= 15 is 0 Å². The fourth-order valence-electron chi connectivity index (χ4n) is 9.55. The number of hydrogen-bond donors (Lipinski definition) is 3. The van der Waals surface area contributed by atoms with Crippen LogP contribution in [-0.4, -0.2) is 95.0 Å². The van der Waals surface area contributed by atoms with Crippen LogP contribution in [0.4, 0.5) is 18.0 Å². The van der Waals surface area contributed by atoms with Crippen LogP contribution in [0.1, 0.15) is 115 Å². The molecule has 3 aliphatic heterocycles. The van der Waals surface area contributed by atoms with Gasteiger partial charge in [-0.3, -0.25) is 19.1 Å². The minimum Gasteiger partial charge on any atom is -0.484 e. The molecular formula is C43H54F3N5O9S. The number of amides is 4. The maximum absolute atomic E-state index is 14.9. The Kier molecular flexibility index (Phi) is 11.0. The standard InChI is InChI=1S/C43H54F3N5O9S/c1-26-34-29(30-21-28(13-14-31(30)47-26)58-25-43(44,45)46)15-18-41(59-34)23-33-35(52)49-42(37(54)50-61(56,57)40(3)19-20-40)22-27(42)11-7-5-4-6-8-12-32(36(53)51(33)24-41)48-38(55)60-39(2)16-9-10-17-39/h7,11,13-14,21,27,32-33H,4-6,8-10,12,15-20,22-25H2,1-3H3,(H,48,55)(H,49,52)(H,50,54). The van der Waals surface area contributed by atoms with Crippen LogP contribution in [0.2, 0.25) is 0 Å². The predicted molar refractivity (Wildman–Crippen MR) is 216 cm³/mol. The minimum absolute atomic E-state index is 0.0104. The number of alkyl halides is 3. The number of nitrogens with zero attached hydrogens (tertiary/aromatic N) is 2. The van der Waals surface area contributed by atoms with Crippen molar-refractivity contribution in [3.05, 3.63) is 41.6 Å². The summed E-state index contributed by atoms with van der Waals surface area (Å²) in [4.78, 5) is 63.2. The molecule has 18 heteroatoms. The van der Waals surface area contributed by atoms with Crippen LogP contribution in [0.25, 0.3) is 10.9 Å². The highest BCUT2D eigenvalue weighted by Gasteiger charge is 2.64. The summed E-state index contributed by atoms with van der Waals surface area (Å²) in [5.41, 5.74) is -1.66. The van der Waals surface area contributed by atoms with Gasteiger partial charge in [0.15, 0.2) is 6.61 Å². The van der Waals surface area contributed by atoms with Crippen LogP contribution in [0.15, 0.2) is 30.4 Å². The highest BCUT2D eigenvalue weighted by atomic mass is 32.2. The smallest absolute Gasteiger partial charge is 0.422 e. The Morgan fingerprint density at radius 1 is 1.03 bits per heavy atom. The highest BCUT2D eigenvalue weighted by Crippen LogP contribution is 2.49. The van der Waals surface area contributed by atoms with Crippen LogP contribution in [0.3, 0.4) is 0 Å². The van der Waals surface area contributed by atoms with E-state index in [2.05, 4.69) is 20.3 Å². The van der Waals surface area contributed by atoms with Crippen LogP contribution >= 0.6 is 0 Å². The van der Waals surface area contributed by atoms with Gasteiger partial charge >= 0.3 is 12.3 Å². The van der Waals surface area contributed by atoms with Crippen molar-refractivity contribution in [2.45, 2.75) is 157 Å². The maximum atomic E-state index is 14.9. The summed E-state index contributed by atoms with van der Waals surface area (Å²) in [5, 5.41) is 6.28. The summed E-state index contributed by atoms with van der Waals surface area (Å²) < 4.78 is 84.5. The zero-order chi connectivity index (χ0) is 43.6. The molecule has 1 aromatic carbocycles. The lowest BCUT2D eigenvalue weighted by atomic mass is 9.87. The van der Waals surface area contributed by atoms with Crippen molar-refractivity contribution >= 4 is 44.7 Å². The van der Waals surface area contributed by atoms with Crippen LogP contribution in [-0.2, 0) is 35.6 Å². The molecular weight excluding hydrogens is 820 g/mol. The first-order chi connectivity index (χ1) is 28.7. The summed E-state index contributed by atoms with van der Waals surface area (Å²) in [5.74, 6) is -2.13. The third-order valence-corrected chi connectivity index (χ3v) is 15.8. The summed E-state index contributed by atoms with van der Waals surface area (Å²) >= 11 is 0. The van der Waals surface area contributed by atoms with Gasteiger partial charge in [-0.25, -0.2) is 18.2 Å². The Balaban J connectivity index is 1.12. The quantitative estimate of drug-likeness (QED) is 0.281. The normalized spacial score (nSPS) is 29.5. The average molecular weight is 874 g/mol. The lowest BCUT2D eigenvalue weighted by Gasteiger charge is -2.37. The van der Waals surface area contributed by atoms with E-state index in [1.165, 1.54) is 17.0 Å². The van der Waals surface area contributed by atoms with Gasteiger partial charge in [0.25, 0.3) is 5.91 Å². The van der Waals surface area contributed by atoms with Crippen molar-refractivity contribution < 1.29 is 55.0 Å².